The third-order valence-corrected chi connectivity index (χ3v) is 3.57. The van der Waals surface area contributed by atoms with Gasteiger partial charge in [0.2, 0.25) is 0 Å². The number of rotatable bonds is 6. The van der Waals surface area contributed by atoms with E-state index >= 15 is 0 Å². The predicted octanol–water partition coefficient (Wildman–Crippen LogP) is 3.51. The van der Waals surface area contributed by atoms with Crippen LogP contribution in [0.4, 0.5) is 0 Å². The average Bonchev–Trinajstić information content (AvgIpc) is 2.54. The van der Waals surface area contributed by atoms with Gasteiger partial charge >= 0.3 is 5.97 Å². The number of aryl methyl sites for hydroxylation is 1. The summed E-state index contributed by atoms with van der Waals surface area (Å²) in [7, 11) is 0. The number of benzene rings is 2. The SMILES string of the molecule is Cc1ccccc1C(=O)NCCC(=O)OCc1ccc(Cl)cc1. The van der Waals surface area contributed by atoms with Gasteiger partial charge in [-0.25, -0.2) is 0 Å². The first-order valence-electron chi connectivity index (χ1n) is 7.30. The molecule has 0 saturated heterocycles. The lowest BCUT2D eigenvalue weighted by atomic mass is 10.1. The molecule has 5 heteroatoms. The zero-order chi connectivity index (χ0) is 16.7. The van der Waals surface area contributed by atoms with Crippen LogP contribution in [0.1, 0.15) is 27.9 Å². The van der Waals surface area contributed by atoms with E-state index in [-0.39, 0.29) is 31.4 Å². The van der Waals surface area contributed by atoms with Crippen molar-refractivity contribution in [3.8, 4) is 0 Å². The monoisotopic (exact) mass is 331 g/mol. The summed E-state index contributed by atoms with van der Waals surface area (Å²) in [5, 5.41) is 3.36. The summed E-state index contributed by atoms with van der Waals surface area (Å²) in [6.45, 7) is 2.31. The van der Waals surface area contributed by atoms with Crippen LogP contribution in [0, 0.1) is 6.92 Å². The second kappa shape index (κ2) is 8.34. The molecule has 0 heterocycles. The minimum absolute atomic E-state index is 0.130. The second-order valence-electron chi connectivity index (χ2n) is 5.11. The van der Waals surface area contributed by atoms with Gasteiger partial charge in [0.1, 0.15) is 6.61 Å². The van der Waals surface area contributed by atoms with Crippen molar-refractivity contribution in [1.82, 2.24) is 5.32 Å². The van der Waals surface area contributed by atoms with Crippen LogP contribution in [0.15, 0.2) is 48.5 Å². The standard InChI is InChI=1S/C18H18ClNO3/c1-13-4-2-3-5-16(13)18(22)20-11-10-17(21)23-12-14-6-8-15(19)9-7-14/h2-9H,10-12H2,1H3,(H,20,22). The number of amides is 1. The van der Waals surface area contributed by atoms with Gasteiger partial charge in [-0.15, -0.1) is 0 Å². The second-order valence-corrected chi connectivity index (χ2v) is 5.54. The van der Waals surface area contributed by atoms with Crippen molar-refractivity contribution in [3.63, 3.8) is 0 Å². The average molecular weight is 332 g/mol. The molecule has 0 spiro atoms. The minimum atomic E-state index is -0.356. The van der Waals surface area contributed by atoms with Gasteiger partial charge in [-0.1, -0.05) is 41.9 Å². The first-order valence-corrected chi connectivity index (χ1v) is 7.68. The Morgan fingerprint density at radius 1 is 1.09 bits per heavy atom. The van der Waals surface area contributed by atoms with Crippen molar-refractivity contribution in [1.29, 1.82) is 0 Å². The Morgan fingerprint density at radius 3 is 2.48 bits per heavy atom. The summed E-state index contributed by atoms with van der Waals surface area (Å²) >= 11 is 5.79. The van der Waals surface area contributed by atoms with E-state index in [0.717, 1.165) is 11.1 Å². The Balaban J connectivity index is 1.71. The molecule has 0 radical (unpaired) electrons. The van der Waals surface area contributed by atoms with Crippen molar-refractivity contribution in [3.05, 3.63) is 70.2 Å². The van der Waals surface area contributed by atoms with Crippen molar-refractivity contribution in [2.45, 2.75) is 20.0 Å². The fourth-order valence-corrected chi connectivity index (χ4v) is 2.14. The molecule has 0 saturated carbocycles. The molecule has 0 atom stereocenters. The van der Waals surface area contributed by atoms with E-state index < -0.39 is 0 Å². The molecule has 2 aromatic carbocycles. The molecule has 0 aliphatic carbocycles. The van der Waals surface area contributed by atoms with Crippen LogP contribution in [0.3, 0.4) is 0 Å². The Hall–Kier alpha value is -2.33. The summed E-state index contributed by atoms with van der Waals surface area (Å²) in [6, 6.07) is 14.4. The van der Waals surface area contributed by atoms with E-state index in [2.05, 4.69) is 5.32 Å². The van der Waals surface area contributed by atoms with Gasteiger partial charge in [-0.2, -0.15) is 0 Å². The van der Waals surface area contributed by atoms with Crippen LogP contribution in [-0.2, 0) is 16.1 Å². The van der Waals surface area contributed by atoms with Crippen molar-refractivity contribution < 1.29 is 14.3 Å². The summed E-state index contributed by atoms with van der Waals surface area (Å²) in [6.07, 6.45) is 0.130. The van der Waals surface area contributed by atoms with Gasteiger partial charge in [-0.3, -0.25) is 9.59 Å². The molecule has 0 aromatic heterocycles. The first-order chi connectivity index (χ1) is 11.1. The highest BCUT2D eigenvalue weighted by Gasteiger charge is 2.09. The maximum absolute atomic E-state index is 12.0. The number of nitrogens with one attached hydrogen (secondary N) is 1. The lowest BCUT2D eigenvalue weighted by Gasteiger charge is -2.08. The van der Waals surface area contributed by atoms with Crippen molar-refractivity contribution in [2.24, 2.45) is 0 Å². The quantitative estimate of drug-likeness (QED) is 0.824. The van der Waals surface area contributed by atoms with Crippen LogP contribution < -0.4 is 5.32 Å². The smallest absolute Gasteiger partial charge is 0.307 e. The number of halogens is 1. The number of ether oxygens (including phenoxy) is 1. The maximum Gasteiger partial charge on any atom is 0.307 e. The molecule has 0 aliphatic rings. The number of hydrogen-bond donors (Lipinski definition) is 1. The first kappa shape index (κ1) is 17.0. The fraction of sp³-hybridized carbons (Fsp3) is 0.222. The third kappa shape index (κ3) is 5.42. The maximum atomic E-state index is 12.0. The van der Waals surface area contributed by atoms with Crippen LogP contribution >= 0.6 is 11.6 Å². The number of carbonyl (C=O) groups excluding carboxylic acids is 2. The summed E-state index contributed by atoms with van der Waals surface area (Å²) in [4.78, 5) is 23.7. The molecule has 1 N–H and O–H groups in total. The zero-order valence-electron chi connectivity index (χ0n) is 12.8. The van der Waals surface area contributed by atoms with Crippen molar-refractivity contribution >= 4 is 23.5 Å². The molecule has 1 amide bonds. The molecule has 23 heavy (non-hydrogen) atoms. The fourth-order valence-electron chi connectivity index (χ4n) is 2.02. The van der Waals surface area contributed by atoms with Crippen LogP contribution in [0.25, 0.3) is 0 Å². The molecular formula is C18H18ClNO3. The summed E-state index contributed by atoms with van der Waals surface area (Å²) < 4.78 is 5.15. The lowest BCUT2D eigenvalue weighted by Crippen LogP contribution is -2.27. The van der Waals surface area contributed by atoms with Gasteiger partial charge in [0.25, 0.3) is 5.91 Å². The Morgan fingerprint density at radius 2 is 1.78 bits per heavy atom. The third-order valence-electron chi connectivity index (χ3n) is 3.32. The van der Waals surface area contributed by atoms with Gasteiger partial charge in [0, 0.05) is 17.1 Å². The molecule has 120 valence electrons. The molecule has 0 bridgehead atoms. The number of carbonyl (C=O) groups is 2. The minimum Gasteiger partial charge on any atom is -0.461 e. The Bertz CT molecular complexity index is 683. The van der Waals surface area contributed by atoms with E-state index in [9.17, 15) is 9.59 Å². The van der Waals surface area contributed by atoms with Gasteiger partial charge in [0.05, 0.1) is 6.42 Å². The summed E-state index contributed by atoms with van der Waals surface area (Å²) in [5.74, 6) is -0.543. The number of esters is 1. The zero-order valence-corrected chi connectivity index (χ0v) is 13.6. The largest absolute Gasteiger partial charge is 0.461 e. The molecule has 0 aliphatic heterocycles. The molecule has 2 rings (SSSR count). The molecular weight excluding hydrogens is 314 g/mol. The summed E-state index contributed by atoms with van der Waals surface area (Å²) in [5.41, 5.74) is 2.38. The molecule has 4 nitrogen and oxygen atoms in total. The highest BCUT2D eigenvalue weighted by molar-refractivity contribution is 6.30. The van der Waals surface area contributed by atoms with Crippen LogP contribution in [-0.4, -0.2) is 18.4 Å². The van der Waals surface area contributed by atoms with Crippen LogP contribution in [0.5, 0.6) is 0 Å². The lowest BCUT2D eigenvalue weighted by molar-refractivity contribution is -0.144. The van der Waals surface area contributed by atoms with Gasteiger partial charge in [-0.05, 0) is 36.2 Å². The predicted molar refractivity (Wildman–Crippen MR) is 89.4 cm³/mol. The van der Waals surface area contributed by atoms with E-state index in [1.165, 1.54) is 0 Å². The van der Waals surface area contributed by atoms with Crippen LogP contribution in [0.2, 0.25) is 5.02 Å². The topological polar surface area (TPSA) is 55.4 Å². The Labute approximate surface area is 140 Å². The van der Waals surface area contributed by atoms with Gasteiger partial charge in [0.15, 0.2) is 0 Å². The molecule has 0 fully saturated rings. The van der Waals surface area contributed by atoms with E-state index in [0.29, 0.717) is 10.6 Å². The highest BCUT2D eigenvalue weighted by atomic mass is 35.5. The van der Waals surface area contributed by atoms with Crippen molar-refractivity contribution in [2.75, 3.05) is 6.54 Å². The number of hydrogen-bond acceptors (Lipinski definition) is 3. The van der Waals surface area contributed by atoms with E-state index in [1.54, 1.807) is 30.3 Å². The van der Waals surface area contributed by atoms with E-state index in [4.69, 9.17) is 16.3 Å². The molecule has 2 aromatic rings. The van der Waals surface area contributed by atoms with E-state index in [1.807, 2.05) is 25.1 Å². The highest BCUT2D eigenvalue weighted by Crippen LogP contribution is 2.10. The normalized spacial score (nSPS) is 10.2. The Kier molecular flexibility index (Phi) is 6.18. The van der Waals surface area contributed by atoms with Gasteiger partial charge < -0.3 is 10.1 Å². The molecule has 0 unspecified atom stereocenters.